The molecule has 1 fully saturated rings. The van der Waals surface area contributed by atoms with Crippen molar-refractivity contribution >= 4 is 52.4 Å². The van der Waals surface area contributed by atoms with E-state index in [2.05, 4.69) is 5.32 Å². The van der Waals surface area contributed by atoms with Gasteiger partial charge in [0.05, 0.1) is 41.6 Å². The zero-order valence-corrected chi connectivity index (χ0v) is 18.3. The molecule has 3 rings (SSSR count). The molecule has 0 aliphatic carbocycles. The van der Waals surface area contributed by atoms with Crippen LogP contribution in [-0.4, -0.2) is 45.2 Å². The van der Waals surface area contributed by atoms with Crippen molar-refractivity contribution in [3.05, 3.63) is 46.4 Å². The highest BCUT2D eigenvalue weighted by Crippen LogP contribution is 2.36. The van der Waals surface area contributed by atoms with Gasteiger partial charge in [-0.05, 0) is 24.3 Å². The first-order valence-corrected chi connectivity index (χ1v) is 10.0. The fraction of sp³-hybridized carbons (Fsp3) is 0.286. The van der Waals surface area contributed by atoms with E-state index in [1.165, 1.54) is 19.1 Å². The van der Waals surface area contributed by atoms with E-state index < -0.39 is 24.4 Å². The summed E-state index contributed by atoms with van der Waals surface area (Å²) < 4.78 is 15.6. The van der Waals surface area contributed by atoms with Crippen molar-refractivity contribution in [1.82, 2.24) is 0 Å². The molecule has 0 saturated carbocycles. The summed E-state index contributed by atoms with van der Waals surface area (Å²) in [6, 6.07) is 9.83. The molecule has 31 heavy (non-hydrogen) atoms. The molecule has 164 valence electrons. The van der Waals surface area contributed by atoms with Gasteiger partial charge in [-0.15, -0.1) is 0 Å². The maximum Gasteiger partial charge on any atom is 0.311 e. The van der Waals surface area contributed by atoms with Crippen LogP contribution >= 0.6 is 23.2 Å². The second kappa shape index (κ2) is 9.89. The fourth-order valence-corrected chi connectivity index (χ4v) is 3.49. The number of rotatable bonds is 7. The molecule has 2 aromatic carbocycles. The van der Waals surface area contributed by atoms with Crippen LogP contribution in [0.25, 0.3) is 0 Å². The first kappa shape index (κ1) is 22.7. The quantitative estimate of drug-likeness (QED) is 0.627. The number of halogens is 2. The van der Waals surface area contributed by atoms with Crippen molar-refractivity contribution in [2.45, 2.75) is 6.42 Å². The highest BCUT2D eigenvalue weighted by molar-refractivity contribution is 6.44. The Kier molecular flexibility index (Phi) is 7.25. The van der Waals surface area contributed by atoms with Crippen LogP contribution in [0.15, 0.2) is 36.4 Å². The van der Waals surface area contributed by atoms with Gasteiger partial charge in [0, 0.05) is 19.0 Å². The molecular weight excluding hydrogens is 447 g/mol. The van der Waals surface area contributed by atoms with Crippen LogP contribution in [0.2, 0.25) is 10.0 Å². The van der Waals surface area contributed by atoms with E-state index in [1.54, 1.807) is 36.4 Å². The van der Waals surface area contributed by atoms with E-state index in [-0.39, 0.29) is 28.9 Å². The minimum atomic E-state index is -0.717. The maximum absolute atomic E-state index is 12.5. The zero-order valence-electron chi connectivity index (χ0n) is 16.8. The van der Waals surface area contributed by atoms with Gasteiger partial charge >= 0.3 is 5.97 Å². The molecule has 0 radical (unpaired) electrons. The molecule has 8 nitrogen and oxygen atoms in total. The Bertz CT molecular complexity index is 1010. The lowest BCUT2D eigenvalue weighted by Gasteiger charge is -2.20. The van der Waals surface area contributed by atoms with Gasteiger partial charge in [-0.25, -0.2) is 0 Å². The molecule has 10 heteroatoms. The number of nitrogens with zero attached hydrogens (tertiary/aromatic N) is 1. The molecule has 1 saturated heterocycles. The minimum absolute atomic E-state index is 0.0407. The molecule has 1 atom stereocenters. The summed E-state index contributed by atoms with van der Waals surface area (Å²) in [5, 5.41) is 3.00. The van der Waals surface area contributed by atoms with Gasteiger partial charge in [0.1, 0.15) is 11.5 Å². The van der Waals surface area contributed by atoms with E-state index in [0.29, 0.717) is 22.9 Å². The summed E-state index contributed by atoms with van der Waals surface area (Å²) in [5.74, 6) is -1.18. The molecule has 1 N–H and O–H groups in total. The van der Waals surface area contributed by atoms with Gasteiger partial charge in [-0.3, -0.25) is 14.4 Å². The number of carbonyl (C=O) groups excluding carboxylic acids is 3. The lowest BCUT2D eigenvalue weighted by Crippen LogP contribution is -2.28. The summed E-state index contributed by atoms with van der Waals surface area (Å²) in [6.07, 6.45) is -0.0407. The fourth-order valence-electron chi connectivity index (χ4n) is 3.15. The van der Waals surface area contributed by atoms with E-state index in [9.17, 15) is 14.4 Å². The van der Waals surface area contributed by atoms with Crippen molar-refractivity contribution in [3.8, 4) is 11.5 Å². The average molecular weight is 467 g/mol. The standard InChI is InChI=1S/C21H20Cl2N2O6/c1-29-13-6-7-17(30-2)16(9-13)25-10-12(8-19(25)27)21(28)31-11-18(26)24-15-5-3-4-14(22)20(15)23/h3-7,9,12H,8,10-11H2,1-2H3,(H,24,26)/t12-/m0/s1. The van der Waals surface area contributed by atoms with Gasteiger partial charge in [0.2, 0.25) is 5.91 Å². The second-order valence-electron chi connectivity index (χ2n) is 6.70. The Morgan fingerprint density at radius 1 is 1.16 bits per heavy atom. The Labute approximate surface area is 189 Å². The van der Waals surface area contributed by atoms with Crippen LogP contribution in [0.3, 0.4) is 0 Å². The third-order valence-electron chi connectivity index (χ3n) is 4.71. The normalized spacial score (nSPS) is 15.5. The smallest absolute Gasteiger partial charge is 0.311 e. The molecule has 1 heterocycles. The lowest BCUT2D eigenvalue weighted by atomic mass is 10.1. The van der Waals surface area contributed by atoms with Crippen LogP contribution < -0.4 is 19.7 Å². The summed E-state index contributed by atoms with van der Waals surface area (Å²) in [6.45, 7) is -0.419. The first-order chi connectivity index (χ1) is 14.8. The molecule has 0 aromatic heterocycles. The molecule has 1 aliphatic heterocycles. The number of hydrogen-bond donors (Lipinski definition) is 1. The third-order valence-corrected chi connectivity index (χ3v) is 5.53. The topological polar surface area (TPSA) is 94.2 Å². The molecule has 0 bridgehead atoms. The summed E-state index contributed by atoms with van der Waals surface area (Å²) >= 11 is 11.9. The summed E-state index contributed by atoms with van der Waals surface area (Å²) in [5.41, 5.74) is 0.804. The third kappa shape index (κ3) is 5.21. The van der Waals surface area contributed by atoms with Gasteiger partial charge in [-0.1, -0.05) is 29.3 Å². The summed E-state index contributed by atoms with van der Waals surface area (Å²) in [7, 11) is 3.00. The monoisotopic (exact) mass is 466 g/mol. The first-order valence-electron chi connectivity index (χ1n) is 9.27. The van der Waals surface area contributed by atoms with Crippen molar-refractivity contribution in [2.75, 3.05) is 37.6 Å². The number of esters is 1. The Morgan fingerprint density at radius 2 is 1.94 bits per heavy atom. The largest absolute Gasteiger partial charge is 0.497 e. The predicted molar refractivity (Wildman–Crippen MR) is 116 cm³/mol. The second-order valence-corrected chi connectivity index (χ2v) is 7.49. The van der Waals surface area contributed by atoms with E-state index in [0.717, 1.165) is 0 Å². The van der Waals surface area contributed by atoms with E-state index >= 15 is 0 Å². The number of hydrogen-bond acceptors (Lipinski definition) is 6. The number of anilines is 2. The average Bonchev–Trinajstić information content (AvgIpc) is 3.16. The lowest BCUT2D eigenvalue weighted by molar-refractivity contribution is -0.151. The number of methoxy groups -OCH3 is 2. The van der Waals surface area contributed by atoms with Gasteiger partial charge in [0.15, 0.2) is 6.61 Å². The number of amides is 2. The molecule has 2 aromatic rings. The Morgan fingerprint density at radius 3 is 2.65 bits per heavy atom. The molecule has 0 unspecified atom stereocenters. The van der Waals surface area contributed by atoms with Crippen LogP contribution in [-0.2, 0) is 19.1 Å². The van der Waals surface area contributed by atoms with Crippen molar-refractivity contribution in [1.29, 1.82) is 0 Å². The van der Waals surface area contributed by atoms with E-state index in [1.807, 2.05) is 0 Å². The van der Waals surface area contributed by atoms with Crippen molar-refractivity contribution < 1.29 is 28.6 Å². The maximum atomic E-state index is 12.5. The van der Waals surface area contributed by atoms with Gasteiger partial charge in [-0.2, -0.15) is 0 Å². The van der Waals surface area contributed by atoms with Gasteiger partial charge in [0.25, 0.3) is 5.91 Å². The number of ether oxygens (including phenoxy) is 3. The van der Waals surface area contributed by atoms with Crippen LogP contribution in [0, 0.1) is 5.92 Å². The molecule has 1 aliphatic rings. The van der Waals surface area contributed by atoms with Crippen molar-refractivity contribution in [3.63, 3.8) is 0 Å². The number of carbonyl (C=O) groups is 3. The summed E-state index contributed by atoms with van der Waals surface area (Å²) in [4.78, 5) is 38.5. The zero-order chi connectivity index (χ0) is 22.5. The van der Waals surface area contributed by atoms with Gasteiger partial charge < -0.3 is 24.4 Å². The molecule has 2 amide bonds. The predicted octanol–water partition coefficient (Wildman–Crippen LogP) is 3.55. The van der Waals surface area contributed by atoms with Crippen molar-refractivity contribution in [2.24, 2.45) is 5.92 Å². The SMILES string of the molecule is COc1ccc(OC)c(N2C[C@@H](C(=O)OCC(=O)Nc3cccc(Cl)c3Cl)CC2=O)c1. The van der Waals surface area contributed by atoms with Crippen LogP contribution in [0.4, 0.5) is 11.4 Å². The Hall–Kier alpha value is -2.97. The Balaban J connectivity index is 1.60. The van der Waals surface area contributed by atoms with Crippen LogP contribution in [0.1, 0.15) is 6.42 Å². The number of nitrogens with one attached hydrogen (secondary N) is 1. The van der Waals surface area contributed by atoms with E-state index in [4.69, 9.17) is 37.4 Å². The molecular formula is C21H20Cl2N2O6. The number of benzene rings is 2. The highest BCUT2D eigenvalue weighted by Gasteiger charge is 2.37. The minimum Gasteiger partial charge on any atom is -0.497 e. The molecule has 0 spiro atoms. The van der Waals surface area contributed by atoms with Crippen LogP contribution in [0.5, 0.6) is 11.5 Å². The highest BCUT2D eigenvalue weighted by atomic mass is 35.5.